The smallest absolute Gasteiger partial charge is 0.744 e. The van der Waals surface area contributed by atoms with Crippen LogP contribution in [0, 0.1) is 0 Å². The van der Waals surface area contributed by atoms with Crippen molar-refractivity contribution < 1.29 is 76.7 Å². The van der Waals surface area contributed by atoms with E-state index >= 15 is 0 Å². The molecule has 110 valence electrons. The molecule has 0 bridgehead atoms. The molecule has 0 aliphatic heterocycles. The zero-order valence-corrected chi connectivity index (χ0v) is 18.6. The molecule has 0 saturated carbocycles. The van der Waals surface area contributed by atoms with Crippen molar-refractivity contribution >= 4 is 15.8 Å². The Kier molecular flexibility index (Phi) is 10.1. The summed E-state index contributed by atoms with van der Waals surface area (Å²) in [6.07, 6.45) is 7.90. The second kappa shape index (κ2) is 10.1. The Morgan fingerprint density at radius 3 is 2.00 bits per heavy atom. The van der Waals surface area contributed by atoms with Crippen molar-refractivity contribution in [2.45, 2.75) is 18.4 Å². The summed E-state index contributed by atoms with van der Waals surface area (Å²) in [7, 11) is -4.38. The monoisotopic (exact) mass is 349 g/mol. The van der Waals surface area contributed by atoms with E-state index in [-0.39, 0.29) is 64.0 Å². The molecule has 0 radical (unpaired) electrons. The van der Waals surface area contributed by atoms with Crippen LogP contribution in [0.5, 0.6) is 0 Å². The maximum Gasteiger partial charge on any atom is 1.00 e. The van der Waals surface area contributed by atoms with Crippen LogP contribution in [-0.2, 0) is 16.7 Å². The van der Waals surface area contributed by atoms with Crippen molar-refractivity contribution in [3.05, 3.63) is 66.3 Å². The van der Waals surface area contributed by atoms with E-state index in [1.807, 2.05) is 24.3 Å². The second-order valence-electron chi connectivity index (χ2n) is 4.78. The fourth-order valence-electron chi connectivity index (χ4n) is 2.07. The first-order valence-electron chi connectivity index (χ1n) is 6.62. The summed E-state index contributed by atoms with van der Waals surface area (Å²) in [5, 5.41) is 0. The molecule has 1 aliphatic rings. The van der Waals surface area contributed by atoms with Gasteiger partial charge in [-0.1, -0.05) is 18.7 Å². The fraction of sp³-hybridized carbons (Fsp3) is 0.188. The molecule has 0 unspecified atom stereocenters. The number of hydrogen-bond acceptors (Lipinski definition) is 3. The predicted molar refractivity (Wildman–Crippen MR) is 81.3 cm³/mol. The third kappa shape index (κ3) is 6.80. The van der Waals surface area contributed by atoms with Crippen molar-refractivity contribution in [3.63, 3.8) is 0 Å². The van der Waals surface area contributed by atoms with E-state index in [0.717, 1.165) is 23.4 Å². The maximum absolute atomic E-state index is 10.9. The van der Waals surface area contributed by atoms with E-state index in [2.05, 4.69) is 18.1 Å². The molecule has 0 saturated heterocycles. The molecule has 1 aromatic rings. The van der Waals surface area contributed by atoms with E-state index < -0.39 is 10.1 Å². The summed E-state index contributed by atoms with van der Waals surface area (Å²) in [6.45, 7) is 7.37. The first kappa shape index (κ1) is 23.0. The topological polar surface area (TPSA) is 60.2 Å². The van der Waals surface area contributed by atoms with Crippen LogP contribution in [0.2, 0.25) is 0 Å². The van der Waals surface area contributed by atoms with Crippen LogP contribution in [0.25, 0.3) is 0 Å². The molecule has 0 amide bonds. The van der Waals surface area contributed by atoms with Gasteiger partial charge in [-0.3, -0.25) is 0 Å². The van der Waals surface area contributed by atoms with Gasteiger partial charge >= 0.3 is 59.1 Å². The zero-order chi connectivity index (χ0) is 15.5. The van der Waals surface area contributed by atoms with Gasteiger partial charge in [-0.2, -0.15) is 0 Å². The van der Waals surface area contributed by atoms with Gasteiger partial charge in [0.05, 0.1) is 4.90 Å². The molecular formula is C16H17NNa2O3S+2. The Morgan fingerprint density at radius 2 is 1.57 bits per heavy atom. The van der Waals surface area contributed by atoms with Crippen LogP contribution in [0.1, 0.15) is 12.5 Å². The minimum absolute atomic E-state index is 0. The molecule has 1 aromatic carbocycles. The van der Waals surface area contributed by atoms with Gasteiger partial charge in [0.1, 0.15) is 16.7 Å². The van der Waals surface area contributed by atoms with Crippen LogP contribution in [-0.4, -0.2) is 29.8 Å². The Morgan fingerprint density at radius 1 is 1.04 bits per heavy atom. The van der Waals surface area contributed by atoms with Gasteiger partial charge in [-0.05, 0) is 36.8 Å². The number of hydrogen-bond donors (Lipinski definition) is 0. The quantitative estimate of drug-likeness (QED) is 0.319. The molecule has 23 heavy (non-hydrogen) atoms. The molecule has 0 spiro atoms. The van der Waals surface area contributed by atoms with Gasteiger partial charge < -0.3 is 4.55 Å². The van der Waals surface area contributed by atoms with E-state index in [9.17, 15) is 13.0 Å². The third-order valence-electron chi connectivity index (χ3n) is 3.27. The van der Waals surface area contributed by atoms with Crippen LogP contribution < -0.4 is 59.1 Å². The average molecular weight is 349 g/mol. The molecule has 2 rings (SSSR count). The zero-order valence-electron chi connectivity index (χ0n) is 13.8. The molecule has 4 nitrogen and oxygen atoms in total. The molecule has 1 aliphatic carbocycles. The van der Waals surface area contributed by atoms with Gasteiger partial charge in [0.2, 0.25) is 0 Å². The number of nitrogens with zero attached hydrogens (tertiary/aromatic N) is 1. The summed E-state index contributed by atoms with van der Waals surface area (Å²) < 4.78 is 34.9. The minimum atomic E-state index is -4.38. The second-order valence-corrected chi connectivity index (χ2v) is 6.16. The van der Waals surface area contributed by atoms with Crippen molar-refractivity contribution in [2.24, 2.45) is 0 Å². The molecule has 0 atom stereocenters. The van der Waals surface area contributed by atoms with Crippen LogP contribution in [0.3, 0.4) is 0 Å². The summed E-state index contributed by atoms with van der Waals surface area (Å²) >= 11 is 0. The summed E-state index contributed by atoms with van der Waals surface area (Å²) in [6, 6.07) is 6.04. The van der Waals surface area contributed by atoms with Gasteiger partial charge in [0, 0.05) is 17.7 Å². The SMILES string of the molecule is C=C1C=CC(=[N+](CC)Cc2ccc(S(=O)(=O)[O-])cc2)C=C1.[Na+].[Na+]. The first-order chi connectivity index (χ1) is 9.90. The average Bonchev–Trinajstić information content (AvgIpc) is 2.45. The van der Waals surface area contributed by atoms with Crippen molar-refractivity contribution in [1.82, 2.24) is 0 Å². The van der Waals surface area contributed by atoms with Gasteiger partial charge in [-0.25, -0.2) is 13.0 Å². The van der Waals surface area contributed by atoms with Crippen molar-refractivity contribution in [1.29, 1.82) is 0 Å². The third-order valence-corrected chi connectivity index (χ3v) is 4.12. The first-order valence-corrected chi connectivity index (χ1v) is 8.03. The maximum atomic E-state index is 10.9. The van der Waals surface area contributed by atoms with E-state index in [1.165, 1.54) is 12.1 Å². The molecular weight excluding hydrogens is 332 g/mol. The molecule has 7 heteroatoms. The van der Waals surface area contributed by atoms with Crippen LogP contribution in [0.15, 0.2) is 65.6 Å². The van der Waals surface area contributed by atoms with E-state index in [0.29, 0.717) is 6.54 Å². The number of benzene rings is 1. The summed E-state index contributed by atoms with van der Waals surface area (Å²) in [4.78, 5) is -0.198. The Hall–Kier alpha value is 0.0200. The van der Waals surface area contributed by atoms with Gasteiger partial charge in [0.15, 0.2) is 12.3 Å². The Labute approximate surface area is 182 Å². The van der Waals surface area contributed by atoms with E-state index in [4.69, 9.17) is 0 Å². The number of allylic oxidation sites excluding steroid dienone is 5. The van der Waals surface area contributed by atoms with Crippen molar-refractivity contribution in [2.75, 3.05) is 6.54 Å². The largest absolute Gasteiger partial charge is 1.00 e. The van der Waals surface area contributed by atoms with Gasteiger partial charge in [0.25, 0.3) is 0 Å². The minimum Gasteiger partial charge on any atom is -0.744 e. The normalized spacial score (nSPS) is 13.3. The summed E-state index contributed by atoms with van der Waals surface area (Å²) in [5.74, 6) is 0. The predicted octanol–water partition coefficient (Wildman–Crippen LogP) is -3.75. The van der Waals surface area contributed by atoms with E-state index in [1.54, 1.807) is 12.1 Å². The Balaban J connectivity index is 0.00000242. The van der Waals surface area contributed by atoms with Gasteiger partial charge in [-0.15, -0.1) is 0 Å². The molecule has 0 heterocycles. The fourth-order valence-corrected chi connectivity index (χ4v) is 2.54. The summed E-state index contributed by atoms with van der Waals surface area (Å²) in [5.41, 5.74) is 2.98. The number of rotatable bonds is 4. The molecule has 0 fully saturated rings. The van der Waals surface area contributed by atoms with Crippen LogP contribution in [0.4, 0.5) is 0 Å². The standard InChI is InChI=1S/C16H17NO3S.2Na/c1-3-17(15-8-4-13(2)5-9-15)12-14-6-10-16(11-7-14)21(18,19)20;;/h4-11H,2-3,12H2,1H3;;/q;2*+1. The molecule has 0 N–H and O–H groups in total. The Bertz CT molecular complexity index is 730. The molecule has 0 aromatic heterocycles. The van der Waals surface area contributed by atoms with Crippen molar-refractivity contribution in [3.8, 4) is 0 Å². The van der Waals surface area contributed by atoms with Crippen LogP contribution >= 0.6 is 0 Å².